The van der Waals surface area contributed by atoms with Gasteiger partial charge in [0.1, 0.15) is 5.69 Å². The third-order valence-electron chi connectivity index (χ3n) is 5.55. The summed E-state index contributed by atoms with van der Waals surface area (Å²) in [4.78, 5) is 37.6. The quantitative estimate of drug-likeness (QED) is 0.360. The van der Waals surface area contributed by atoms with Crippen molar-refractivity contribution in [3.05, 3.63) is 62.9 Å². The van der Waals surface area contributed by atoms with Crippen molar-refractivity contribution in [2.75, 3.05) is 6.54 Å². The maximum atomic E-state index is 13.0. The van der Waals surface area contributed by atoms with E-state index < -0.39 is 0 Å². The number of imidazole rings is 1. The van der Waals surface area contributed by atoms with Crippen molar-refractivity contribution in [3.63, 3.8) is 0 Å². The summed E-state index contributed by atoms with van der Waals surface area (Å²) in [5, 5.41) is 1.000. The van der Waals surface area contributed by atoms with E-state index in [-0.39, 0.29) is 11.2 Å². The smallest absolute Gasteiger partial charge is 0.323 e. The molecule has 2 aromatic carbocycles. The molecule has 3 heterocycles. The highest BCUT2D eigenvalue weighted by Crippen LogP contribution is 2.31. The first-order valence-electron chi connectivity index (χ1n) is 10.1. The number of fused-ring (bicyclic) bond motifs is 3. The number of para-hydroxylation sites is 1. The Bertz CT molecular complexity index is 1520. The van der Waals surface area contributed by atoms with Gasteiger partial charge in [-0.2, -0.15) is 0 Å². The number of nitrogens with two attached hydrogens (primary N) is 1. The Morgan fingerprint density at radius 1 is 1.07 bits per heavy atom. The van der Waals surface area contributed by atoms with Gasteiger partial charge in [-0.25, -0.2) is 9.78 Å². The van der Waals surface area contributed by atoms with Gasteiger partial charge in [-0.3, -0.25) is 4.79 Å². The first kappa shape index (κ1) is 18.4. The van der Waals surface area contributed by atoms with Crippen LogP contribution in [0.2, 0.25) is 0 Å². The van der Waals surface area contributed by atoms with Crippen LogP contribution in [0.4, 0.5) is 0 Å². The number of nitrogens with one attached hydrogen (secondary N) is 3. The van der Waals surface area contributed by atoms with Crippen molar-refractivity contribution in [2.24, 2.45) is 5.73 Å². The van der Waals surface area contributed by atoms with E-state index in [4.69, 9.17) is 5.73 Å². The summed E-state index contributed by atoms with van der Waals surface area (Å²) >= 11 is 0. The average molecular weight is 402 g/mol. The molecule has 0 amide bonds. The van der Waals surface area contributed by atoms with Crippen LogP contribution in [-0.4, -0.2) is 31.0 Å². The van der Waals surface area contributed by atoms with Gasteiger partial charge in [-0.05, 0) is 37.1 Å². The molecule has 0 aliphatic rings. The molecule has 30 heavy (non-hydrogen) atoms. The van der Waals surface area contributed by atoms with E-state index in [9.17, 15) is 9.59 Å². The number of nitrogens with zero attached hydrogens (tertiary/aromatic N) is 2. The Labute approximate surface area is 170 Å². The van der Waals surface area contributed by atoms with Crippen molar-refractivity contribution in [3.8, 4) is 11.3 Å². The molecule has 0 radical (unpaired) electrons. The lowest BCUT2D eigenvalue weighted by atomic mass is 10.1. The van der Waals surface area contributed by atoms with Gasteiger partial charge < -0.3 is 25.3 Å². The van der Waals surface area contributed by atoms with Gasteiger partial charge in [0.15, 0.2) is 0 Å². The van der Waals surface area contributed by atoms with Crippen molar-refractivity contribution in [2.45, 2.75) is 26.3 Å². The summed E-state index contributed by atoms with van der Waals surface area (Å²) in [6.45, 7) is 3.50. The number of aryl methyl sites for hydroxylation is 2. The number of rotatable bonds is 5. The van der Waals surface area contributed by atoms with Crippen LogP contribution in [-0.2, 0) is 13.0 Å². The second-order valence-corrected chi connectivity index (χ2v) is 7.45. The molecule has 0 fully saturated rings. The van der Waals surface area contributed by atoms with Crippen LogP contribution in [0.5, 0.6) is 0 Å². The largest absolute Gasteiger partial charge is 0.347 e. The molecule has 0 saturated heterocycles. The molecule has 8 nitrogen and oxygen atoms in total. The third-order valence-corrected chi connectivity index (χ3v) is 5.55. The predicted molar refractivity (Wildman–Crippen MR) is 119 cm³/mol. The van der Waals surface area contributed by atoms with Crippen LogP contribution >= 0.6 is 0 Å². The highest BCUT2D eigenvalue weighted by molar-refractivity contribution is 5.98. The van der Waals surface area contributed by atoms with Crippen molar-refractivity contribution >= 4 is 33.0 Å². The average Bonchev–Trinajstić information content (AvgIpc) is 3.29. The number of benzene rings is 2. The molecule has 0 unspecified atom stereocenters. The molecule has 152 valence electrons. The van der Waals surface area contributed by atoms with Crippen LogP contribution in [0.25, 0.3) is 44.2 Å². The Hall–Kier alpha value is -3.65. The van der Waals surface area contributed by atoms with E-state index in [2.05, 4.69) is 37.5 Å². The first-order valence-corrected chi connectivity index (χ1v) is 10.1. The summed E-state index contributed by atoms with van der Waals surface area (Å²) in [6.07, 6.45) is 3.74. The van der Waals surface area contributed by atoms with E-state index in [1.165, 1.54) is 5.56 Å². The van der Waals surface area contributed by atoms with Gasteiger partial charge in [0.2, 0.25) is 0 Å². The number of aromatic nitrogens is 5. The maximum Gasteiger partial charge on any atom is 0.323 e. The number of H-pyrrole nitrogens is 3. The molecule has 5 aromatic rings. The minimum absolute atomic E-state index is 0.264. The van der Waals surface area contributed by atoms with Crippen LogP contribution in [0, 0.1) is 0 Å². The fourth-order valence-electron chi connectivity index (χ4n) is 4.15. The molecule has 0 atom stereocenters. The topological polar surface area (TPSA) is 125 Å². The second kappa shape index (κ2) is 7.00. The van der Waals surface area contributed by atoms with Gasteiger partial charge in [-0.1, -0.05) is 25.1 Å². The summed E-state index contributed by atoms with van der Waals surface area (Å²) in [5.41, 5.74) is 11.1. The molecular formula is C22H22N6O2. The summed E-state index contributed by atoms with van der Waals surface area (Å²) < 4.78 is 2.18. The van der Waals surface area contributed by atoms with Crippen LogP contribution in [0.3, 0.4) is 0 Å². The Morgan fingerprint density at radius 3 is 2.63 bits per heavy atom. The zero-order valence-corrected chi connectivity index (χ0v) is 16.6. The van der Waals surface area contributed by atoms with Gasteiger partial charge in [-0.15, -0.1) is 0 Å². The van der Waals surface area contributed by atoms with Crippen molar-refractivity contribution in [1.82, 2.24) is 24.5 Å². The SMILES string of the molecule is CCc1cccc2c(-c3nc4cc5[nH]c(=O)[nH]c5cc4[nH]c3=O)cn(CCCN)c12. The van der Waals surface area contributed by atoms with Crippen LogP contribution < -0.4 is 17.0 Å². The Balaban J connectivity index is 1.78. The standard InChI is InChI=1S/C22H22N6O2/c1-2-12-5-3-6-13-14(11-28(20(12)13)8-4-7-23)19-21(29)25-16-10-18-17(9-15(16)24-19)26-22(30)27-18/h3,5-6,9-11H,2,4,7-8,23H2,1H3,(H,25,29)(H2,26,27,30). The van der Waals surface area contributed by atoms with Gasteiger partial charge >= 0.3 is 5.69 Å². The highest BCUT2D eigenvalue weighted by atomic mass is 16.1. The van der Waals surface area contributed by atoms with E-state index in [0.29, 0.717) is 34.3 Å². The molecule has 0 bridgehead atoms. The lowest BCUT2D eigenvalue weighted by molar-refractivity contribution is 0.669. The van der Waals surface area contributed by atoms with Gasteiger partial charge in [0.25, 0.3) is 5.56 Å². The minimum Gasteiger partial charge on any atom is -0.347 e. The summed E-state index contributed by atoms with van der Waals surface area (Å²) in [5.74, 6) is 0. The number of aromatic amines is 3. The van der Waals surface area contributed by atoms with E-state index in [1.54, 1.807) is 12.1 Å². The molecule has 3 aromatic heterocycles. The summed E-state index contributed by atoms with van der Waals surface area (Å²) in [7, 11) is 0. The lowest BCUT2D eigenvalue weighted by Gasteiger charge is -2.07. The fraction of sp³-hybridized carbons (Fsp3) is 0.227. The van der Waals surface area contributed by atoms with E-state index in [1.807, 2.05) is 18.3 Å². The first-order chi connectivity index (χ1) is 14.6. The molecule has 8 heteroatoms. The van der Waals surface area contributed by atoms with Gasteiger partial charge in [0.05, 0.1) is 27.6 Å². The second-order valence-electron chi connectivity index (χ2n) is 7.45. The Kier molecular flexibility index (Phi) is 4.29. The lowest BCUT2D eigenvalue weighted by Crippen LogP contribution is -2.11. The number of hydrogen-bond donors (Lipinski definition) is 4. The summed E-state index contributed by atoms with van der Waals surface area (Å²) in [6, 6.07) is 9.65. The molecular weight excluding hydrogens is 380 g/mol. The number of hydrogen-bond acceptors (Lipinski definition) is 4. The van der Waals surface area contributed by atoms with E-state index >= 15 is 0 Å². The molecule has 0 aliphatic heterocycles. The molecule has 5 N–H and O–H groups in total. The molecule has 0 spiro atoms. The fourth-order valence-corrected chi connectivity index (χ4v) is 4.15. The highest BCUT2D eigenvalue weighted by Gasteiger charge is 2.17. The zero-order valence-electron chi connectivity index (χ0n) is 16.6. The maximum absolute atomic E-state index is 13.0. The van der Waals surface area contributed by atoms with Crippen molar-refractivity contribution < 1.29 is 0 Å². The molecule has 0 saturated carbocycles. The molecule has 0 aliphatic carbocycles. The molecule has 5 rings (SSSR count). The van der Waals surface area contributed by atoms with E-state index in [0.717, 1.165) is 35.9 Å². The van der Waals surface area contributed by atoms with Crippen molar-refractivity contribution in [1.29, 1.82) is 0 Å². The minimum atomic E-state index is -0.294. The Morgan fingerprint density at radius 2 is 1.87 bits per heavy atom. The van der Waals surface area contributed by atoms with Crippen LogP contribution in [0.1, 0.15) is 18.9 Å². The predicted octanol–water partition coefficient (Wildman–Crippen LogP) is 2.63. The zero-order chi connectivity index (χ0) is 20.8. The normalized spacial score (nSPS) is 11.8. The van der Waals surface area contributed by atoms with Gasteiger partial charge in [0, 0.05) is 23.7 Å². The van der Waals surface area contributed by atoms with Crippen LogP contribution in [0.15, 0.2) is 46.1 Å². The third kappa shape index (κ3) is 2.84. The monoisotopic (exact) mass is 402 g/mol.